The number of nitrogens with one attached hydrogen (secondary N) is 2. The van der Waals surface area contributed by atoms with Crippen molar-refractivity contribution in [2.75, 3.05) is 18.7 Å². The highest BCUT2D eigenvalue weighted by atomic mass is 35.5. The summed E-state index contributed by atoms with van der Waals surface area (Å²) >= 11 is 5.94. The first-order valence-electron chi connectivity index (χ1n) is 8.84. The summed E-state index contributed by atoms with van der Waals surface area (Å²) in [6, 6.07) is 14.0. The second-order valence-corrected chi connectivity index (χ2v) is 7.10. The fourth-order valence-electron chi connectivity index (χ4n) is 3.11. The Morgan fingerprint density at radius 1 is 1.11 bits per heavy atom. The molecule has 0 unspecified atom stereocenters. The largest absolute Gasteiger partial charge is 0.343 e. The zero-order chi connectivity index (χ0) is 18.8. The summed E-state index contributed by atoms with van der Waals surface area (Å²) in [6.45, 7) is 6.16. The predicted molar refractivity (Wildman–Crippen MR) is 110 cm³/mol. The molecule has 0 bridgehead atoms. The van der Waals surface area contributed by atoms with Crippen LogP contribution in [-0.2, 0) is 6.54 Å². The van der Waals surface area contributed by atoms with Gasteiger partial charge in [0.1, 0.15) is 0 Å². The highest BCUT2D eigenvalue weighted by Crippen LogP contribution is 2.20. The number of halogens is 1. The number of hydrogen-bond acceptors (Lipinski definition) is 6. The third-order valence-corrected chi connectivity index (χ3v) is 4.82. The van der Waals surface area contributed by atoms with E-state index < -0.39 is 0 Å². The Balaban J connectivity index is 1.45. The molecule has 0 fully saturated rings. The number of fused-ring (bicyclic) bond motifs is 1. The van der Waals surface area contributed by atoms with E-state index in [-0.39, 0.29) is 0 Å². The zero-order valence-corrected chi connectivity index (χ0v) is 16.1. The third-order valence-electron chi connectivity index (χ3n) is 4.57. The minimum absolute atomic E-state index is 0.562. The van der Waals surface area contributed by atoms with Crippen LogP contribution in [0.3, 0.4) is 0 Å². The van der Waals surface area contributed by atoms with E-state index >= 15 is 0 Å². The van der Waals surface area contributed by atoms with Gasteiger partial charge in [0.05, 0.1) is 24.5 Å². The van der Waals surface area contributed by atoms with E-state index in [9.17, 15) is 0 Å². The number of rotatable bonds is 3. The summed E-state index contributed by atoms with van der Waals surface area (Å²) in [5, 5.41) is 8.32. The Morgan fingerprint density at radius 2 is 1.93 bits per heavy atom. The molecule has 2 aromatic carbocycles. The molecule has 1 aliphatic rings. The highest BCUT2D eigenvalue weighted by Gasteiger charge is 2.14. The molecule has 2 N–H and O–H groups in total. The third kappa shape index (κ3) is 4.02. The van der Waals surface area contributed by atoms with Crippen LogP contribution in [0.5, 0.6) is 0 Å². The molecule has 27 heavy (non-hydrogen) atoms. The van der Waals surface area contributed by atoms with Crippen LogP contribution in [0.15, 0.2) is 47.5 Å². The van der Waals surface area contributed by atoms with Crippen molar-refractivity contribution in [2.45, 2.75) is 20.4 Å². The number of benzene rings is 2. The molecule has 0 saturated heterocycles. The van der Waals surface area contributed by atoms with E-state index in [0.717, 1.165) is 33.7 Å². The van der Waals surface area contributed by atoms with Gasteiger partial charge in [-0.05, 0) is 37.1 Å². The topological polar surface area (TPSA) is 65.4 Å². The number of anilines is 1. The molecule has 0 spiro atoms. The molecule has 0 atom stereocenters. The number of aromatic nitrogens is 2. The average Bonchev–Trinajstić information content (AvgIpc) is 2.66. The van der Waals surface area contributed by atoms with Crippen molar-refractivity contribution >= 4 is 34.4 Å². The molecule has 0 amide bonds. The van der Waals surface area contributed by atoms with Crippen molar-refractivity contribution in [3.63, 3.8) is 0 Å². The quantitative estimate of drug-likeness (QED) is 0.725. The van der Waals surface area contributed by atoms with Gasteiger partial charge in [-0.2, -0.15) is 0 Å². The monoisotopic (exact) mass is 380 g/mol. The Bertz CT molecular complexity index is 999. The maximum Gasteiger partial charge on any atom is 0.230 e. The Labute approximate surface area is 163 Å². The summed E-state index contributed by atoms with van der Waals surface area (Å²) in [4.78, 5) is 16.0. The number of guanidine groups is 1. The van der Waals surface area contributed by atoms with Gasteiger partial charge in [0.25, 0.3) is 0 Å². The molecular weight excluding hydrogens is 360 g/mol. The molecule has 0 aliphatic carbocycles. The molecule has 7 heteroatoms. The van der Waals surface area contributed by atoms with Crippen molar-refractivity contribution in [3.05, 3.63) is 64.3 Å². The van der Waals surface area contributed by atoms with Gasteiger partial charge in [-0.1, -0.05) is 41.9 Å². The van der Waals surface area contributed by atoms with Crippen molar-refractivity contribution in [2.24, 2.45) is 4.99 Å². The van der Waals surface area contributed by atoms with Gasteiger partial charge in [0.15, 0.2) is 0 Å². The van der Waals surface area contributed by atoms with E-state index in [1.54, 1.807) is 0 Å². The normalized spacial score (nSPS) is 14.7. The maximum atomic E-state index is 5.94. The van der Waals surface area contributed by atoms with Crippen LogP contribution in [0, 0.1) is 13.8 Å². The summed E-state index contributed by atoms with van der Waals surface area (Å²) in [7, 11) is 0. The Hall–Kier alpha value is -2.70. The molecule has 0 radical (unpaired) electrons. The van der Waals surface area contributed by atoms with Crippen LogP contribution in [0.1, 0.15) is 16.8 Å². The first kappa shape index (κ1) is 17.7. The van der Waals surface area contributed by atoms with Gasteiger partial charge in [-0.15, -0.1) is 0 Å². The van der Waals surface area contributed by atoms with Crippen LogP contribution in [0.25, 0.3) is 10.9 Å². The minimum atomic E-state index is 0.562. The van der Waals surface area contributed by atoms with E-state index in [1.165, 1.54) is 5.56 Å². The van der Waals surface area contributed by atoms with Gasteiger partial charge in [-0.3, -0.25) is 10.2 Å². The van der Waals surface area contributed by atoms with Crippen LogP contribution < -0.4 is 10.6 Å². The second kappa shape index (κ2) is 7.50. The fourth-order valence-corrected chi connectivity index (χ4v) is 3.24. The number of aliphatic imine (C=N–C) groups is 1. The molecular formula is C20H21ClN6. The summed E-state index contributed by atoms with van der Waals surface area (Å²) in [5.74, 6) is 1.25. The maximum absolute atomic E-state index is 5.94. The second-order valence-electron chi connectivity index (χ2n) is 6.67. The first-order chi connectivity index (χ1) is 13.1. The van der Waals surface area contributed by atoms with Crippen LogP contribution in [-0.4, -0.2) is 34.2 Å². The SMILES string of the molecule is Cc1nc(NC2=NCN(Cc3ccc(Cl)cc3)CN2)nc2c(C)cccc12. The smallest absolute Gasteiger partial charge is 0.230 e. The predicted octanol–water partition coefficient (Wildman–Crippen LogP) is 3.69. The molecule has 6 nitrogen and oxygen atoms in total. The lowest BCUT2D eigenvalue weighted by Crippen LogP contribution is -2.45. The molecule has 138 valence electrons. The highest BCUT2D eigenvalue weighted by molar-refractivity contribution is 6.30. The summed E-state index contributed by atoms with van der Waals surface area (Å²) in [5.41, 5.74) is 4.26. The average molecular weight is 381 g/mol. The van der Waals surface area contributed by atoms with Crippen molar-refractivity contribution in [1.29, 1.82) is 0 Å². The van der Waals surface area contributed by atoms with Crippen LogP contribution in [0.2, 0.25) is 5.02 Å². The van der Waals surface area contributed by atoms with Gasteiger partial charge in [0, 0.05) is 17.0 Å². The number of hydrogen-bond donors (Lipinski definition) is 2. The number of para-hydroxylation sites is 1. The van der Waals surface area contributed by atoms with Crippen LogP contribution >= 0.6 is 11.6 Å². The fraction of sp³-hybridized carbons (Fsp3) is 0.250. The molecule has 0 saturated carbocycles. The lowest BCUT2D eigenvalue weighted by atomic mass is 10.1. The standard InChI is InChI=1S/C20H21ClN6/c1-13-4-3-5-17-14(2)24-20(25-18(13)17)26-19-22-11-27(12-23-19)10-15-6-8-16(21)9-7-15/h3-9H,10-12H2,1-2H3,(H2,22,23,24,25,26). The zero-order valence-electron chi connectivity index (χ0n) is 15.3. The van der Waals surface area contributed by atoms with E-state index in [0.29, 0.717) is 25.2 Å². The molecule has 1 aliphatic heterocycles. The Kier molecular flexibility index (Phi) is 4.92. The van der Waals surface area contributed by atoms with Gasteiger partial charge < -0.3 is 5.32 Å². The number of nitrogens with zero attached hydrogens (tertiary/aromatic N) is 4. The van der Waals surface area contributed by atoms with Crippen molar-refractivity contribution in [3.8, 4) is 0 Å². The van der Waals surface area contributed by atoms with Gasteiger partial charge in [-0.25, -0.2) is 15.0 Å². The van der Waals surface area contributed by atoms with E-state index in [4.69, 9.17) is 11.6 Å². The summed E-state index contributed by atoms with van der Waals surface area (Å²) in [6.07, 6.45) is 0. The Morgan fingerprint density at radius 3 is 2.67 bits per heavy atom. The van der Waals surface area contributed by atoms with Gasteiger partial charge in [0.2, 0.25) is 11.9 Å². The van der Waals surface area contributed by atoms with E-state index in [2.05, 4.69) is 43.5 Å². The molecule has 3 aromatic rings. The van der Waals surface area contributed by atoms with Crippen LogP contribution in [0.4, 0.5) is 5.95 Å². The lowest BCUT2D eigenvalue weighted by Gasteiger charge is -2.26. The lowest BCUT2D eigenvalue weighted by molar-refractivity contribution is 0.256. The number of aryl methyl sites for hydroxylation is 2. The van der Waals surface area contributed by atoms with Gasteiger partial charge >= 0.3 is 0 Å². The minimum Gasteiger partial charge on any atom is -0.343 e. The van der Waals surface area contributed by atoms with Crippen molar-refractivity contribution in [1.82, 2.24) is 20.2 Å². The molecule has 2 heterocycles. The first-order valence-corrected chi connectivity index (χ1v) is 9.22. The van der Waals surface area contributed by atoms with Crippen molar-refractivity contribution < 1.29 is 0 Å². The molecule has 4 rings (SSSR count). The van der Waals surface area contributed by atoms with E-state index in [1.807, 2.05) is 43.3 Å². The summed E-state index contributed by atoms with van der Waals surface area (Å²) < 4.78 is 0. The molecule has 1 aromatic heterocycles.